The third-order valence-electron chi connectivity index (χ3n) is 5.15. The van der Waals surface area contributed by atoms with Crippen molar-refractivity contribution in [2.24, 2.45) is 0 Å². The first-order chi connectivity index (χ1) is 17.8. The van der Waals surface area contributed by atoms with E-state index in [1.807, 2.05) is 13.8 Å². The van der Waals surface area contributed by atoms with Gasteiger partial charge in [-0.2, -0.15) is 0 Å². The predicted octanol–water partition coefficient (Wildman–Crippen LogP) is 5.09. The van der Waals surface area contributed by atoms with E-state index in [2.05, 4.69) is 15.3 Å². The summed E-state index contributed by atoms with van der Waals surface area (Å²) in [7, 11) is -1.49. The van der Waals surface area contributed by atoms with Crippen LogP contribution in [-0.2, 0) is 11.3 Å². The number of hydrogen-bond donors (Lipinski definition) is 5. The van der Waals surface area contributed by atoms with Gasteiger partial charge in [-0.1, -0.05) is 52.4 Å². The van der Waals surface area contributed by atoms with Crippen LogP contribution in [0, 0.1) is 16.6 Å². The molecule has 0 saturated carbocycles. The molecule has 0 spiro atoms. The van der Waals surface area contributed by atoms with E-state index < -0.39 is 31.1 Å². The van der Waals surface area contributed by atoms with E-state index in [-0.39, 0.29) is 31.0 Å². The highest BCUT2D eigenvalue weighted by atomic mass is 32.1. The summed E-state index contributed by atoms with van der Waals surface area (Å²) in [5, 5.41) is 29.9. The normalized spacial score (nSPS) is 12.7. The van der Waals surface area contributed by atoms with Crippen molar-refractivity contribution in [2.45, 2.75) is 45.5 Å². The van der Waals surface area contributed by atoms with E-state index in [0.717, 1.165) is 0 Å². The van der Waals surface area contributed by atoms with Gasteiger partial charge < -0.3 is 20.9 Å². The summed E-state index contributed by atoms with van der Waals surface area (Å²) in [6.07, 6.45) is 1.44. The van der Waals surface area contributed by atoms with Gasteiger partial charge in [0.15, 0.2) is 11.5 Å². The van der Waals surface area contributed by atoms with Crippen molar-refractivity contribution in [2.75, 3.05) is 12.3 Å². The SMILES string of the molecule is CC(C)PP(F)c1ccc(-c2cnc(N)c(C(=N)OC(=N)c3ccc(CNCC(C)(C)O)cc3F)n2)cc1. The summed E-state index contributed by atoms with van der Waals surface area (Å²) in [6.45, 7) is 7.97. The number of nitrogens with zero attached hydrogens (tertiary/aromatic N) is 2. The van der Waals surface area contributed by atoms with Gasteiger partial charge in [0.05, 0.1) is 23.1 Å². The Balaban J connectivity index is 1.71. The van der Waals surface area contributed by atoms with E-state index >= 15 is 0 Å². The molecule has 12 heteroatoms. The van der Waals surface area contributed by atoms with Crippen molar-refractivity contribution in [1.82, 2.24) is 15.3 Å². The fourth-order valence-electron chi connectivity index (χ4n) is 3.34. The van der Waals surface area contributed by atoms with E-state index in [1.165, 1.54) is 18.3 Å². The number of hydrogen-bond acceptors (Lipinski definition) is 8. The maximum absolute atomic E-state index is 14.7. The van der Waals surface area contributed by atoms with Gasteiger partial charge in [0.25, 0.3) is 0 Å². The lowest BCUT2D eigenvalue weighted by Crippen LogP contribution is -2.34. The molecule has 6 N–H and O–H groups in total. The summed E-state index contributed by atoms with van der Waals surface area (Å²) in [5.74, 6) is -1.91. The van der Waals surface area contributed by atoms with Crippen molar-refractivity contribution in [3.05, 3.63) is 71.3 Å². The molecule has 3 aromatic rings. The highest BCUT2D eigenvalue weighted by molar-refractivity contribution is 8.22. The molecule has 0 bridgehead atoms. The maximum Gasteiger partial charge on any atom is 0.243 e. The average Bonchev–Trinajstić information content (AvgIpc) is 2.83. The number of ether oxygens (including phenoxy) is 1. The van der Waals surface area contributed by atoms with Gasteiger partial charge in [0.2, 0.25) is 11.8 Å². The van der Waals surface area contributed by atoms with Crippen LogP contribution in [0.15, 0.2) is 48.7 Å². The van der Waals surface area contributed by atoms with E-state index in [9.17, 15) is 13.7 Å². The van der Waals surface area contributed by atoms with Crippen LogP contribution in [0.5, 0.6) is 0 Å². The van der Waals surface area contributed by atoms with Crippen LogP contribution >= 0.6 is 16.2 Å². The molecular formula is C26H32F2N6O2P2. The Labute approximate surface area is 224 Å². The number of nitrogen functional groups attached to an aromatic ring is 1. The molecular weight excluding hydrogens is 528 g/mol. The van der Waals surface area contributed by atoms with Gasteiger partial charge in [-0.15, -0.1) is 0 Å². The van der Waals surface area contributed by atoms with Gasteiger partial charge in [0, 0.05) is 24.0 Å². The lowest BCUT2D eigenvalue weighted by Gasteiger charge is -2.17. The number of aromatic nitrogens is 2. The van der Waals surface area contributed by atoms with Crippen molar-refractivity contribution >= 4 is 39.1 Å². The Kier molecular flexibility index (Phi) is 9.96. The number of aliphatic hydroxyl groups is 1. The zero-order valence-corrected chi connectivity index (χ0v) is 23.5. The molecule has 2 aromatic carbocycles. The van der Waals surface area contributed by atoms with Gasteiger partial charge >= 0.3 is 0 Å². The lowest BCUT2D eigenvalue weighted by molar-refractivity contribution is 0.0795. The second-order valence-electron chi connectivity index (χ2n) is 9.59. The summed E-state index contributed by atoms with van der Waals surface area (Å²) >= 11 is 0. The van der Waals surface area contributed by atoms with Crippen LogP contribution < -0.4 is 16.4 Å². The highest BCUT2D eigenvalue weighted by Crippen LogP contribution is 2.58. The zero-order valence-electron chi connectivity index (χ0n) is 21.6. The first kappa shape index (κ1) is 29.7. The Hall–Kier alpha value is -2.90. The topological polar surface area (TPSA) is 141 Å². The fraction of sp³-hybridized carbons (Fsp3) is 0.308. The highest BCUT2D eigenvalue weighted by Gasteiger charge is 2.19. The summed E-state index contributed by atoms with van der Waals surface area (Å²) in [5.41, 5.74) is 6.73. The van der Waals surface area contributed by atoms with E-state index in [0.29, 0.717) is 35.2 Å². The average molecular weight is 561 g/mol. The van der Waals surface area contributed by atoms with Gasteiger partial charge in [-0.05, 0) is 37.2 Å². The van der Waals surface area contributed by atoms with E-state index in [4.69, 9.17) is 21.3 Å². The Morgan fingerprint density at radius 1 is 1.18 bits per heavy atom. The van der Waals surface area contributed by atoms with Crippen LogP contribution in [0.1, 0.15) is 44.5 Å². The van der Waals surface area contributed by atoms with Crippen LogP contribution in [-0.4, -0.2) is 44.7 Å². The van der Waals surface area contributed by atoms with Crippen LogP contribution in [0.3, 0.4) is 0 Å². The first-order valence-corrected chi connectivity index (χ1v) is 15.0. The molecule has 0 saturated heterocycles. The Morgan fingerprint density at radius 3 is 2.47 bits per heavy atom. The number of nitrogens with one attached hydrogen (secondary N) is 3. The van der Waals surface area contributed by atoms with Crippen LogP contribution in [0.4, 0.5) is 14.4 Å². The fourth-order valence-corrected chi connectivity index (χ4v) is 6.61. The summed E-state index contributed by atoms with van der Waals surface area (Å²) < 4.78 is 34.5. The van der Waals surface area contributed by atoms with Crippen molar-refractivity contribution in [3.63, 3.8) is 0 Å². The smallest absolute Gasteiger partial charge is 0.243 e. The third-order valence-corrected chi connectivity index (χ3v) is 9.64. The lowest BCUT2D eigenvalue weighted by atomic mass is 10.1. The number of benzene rings is 2. The summed E-state index contributed by atoms with van der Waals surface area (Å²) in [4.78, 5) is 8.44. The van der Waals surface area contributed by atoms with Gasteiger partial charge in [0.1, 0.15) is 13.7 Å². The molecule has 2 atom stereocenters. The van der Waals surface area contributed by atoms with Crippen molar-refractivity contribution < 1.29 is 18.4 Å². The number of rotatable bonds is 10. The second-order valence-corrected chi connectivity index (χ2v) is 14.0. The molecule has 0 radical (unpaired) electrons. The molecule has 38 heavy (non-hydrogen) atoms. The molecule has 3 rings (SSSR count). The number of halogens is 2. The molecule has 0 aliphatic heterocycles. The minimum absolute atomic E-state index is 0.0812. The van der Waals surface area contributed by atoms with Crippen LogP contribution in [0.2, 0.25) is 0 Å². The molecule has 202 valence electrons. The molecule has 1 heterocycles. The Morgan fingerprint density at radius 2 is 1.87 bits per heavy atom. The summed E-state index contributed by atoms with van der Waals surface area (Å²) in [6, 6.07) is 11.2. The minimum atomic E-state index is -1.71. The molecule has 8 nitrogen and oxygen atoms in total. The maximum atomic E-state index is 14.7. The van der Waals surface area contributed by atoms with Crippen LogP contribution in [0.25, 0.3) is 11.3 Å². The van der Waals surface area contributed by atoms with E-state index in [1.54, 1.807) is 44.2 Å². The number of anilines is 1. The quantitative estimate of drug-likeness (QED) is 0.133. The minimum Gasteiger partial charge on any atom is -0.419 e. The number of nitrogens with two attached hydrogens (primary N) is 1. The van der Waals surface area contributed by atoms with Gasteiger partial charge in [-0.25, -0.2) is 18.6 Å². The van der Waals surface area contributed by atoms with Gasteiger partial charge in [-0.3, -0.25) is 10.8 Å². The molecule has 0 aliphatic rings. The molecule has 2 unspecified atom stereocenters. The molecule has 1 aromatic heterocycles. The second kappa shape index (κ2) is 12.8. The molecule has 0 aliphatic carbocycles. The zero-order chi connectivity index (χ0) is 28.0. The standard InChI is InChI=1S/C26H32F2N6O2P2/c1-15(2)37-38(28)18-8-6-17(7-9-18)21-13-33-23(29)22(34-21)25(31)36-24(30)19-10-5-16(11-20(19)27)12-32-14-26(3,4)35/h5-11,13,15,30-32,35,37H,12,14H2,1-4H3,(H2,29,33). The third kappa shape index (κ3) is 8.30. The largest absolute Gasteiger partial charge is 0.419 e. The Bertz CT molecular complexity index is 1300. The van der Waals surface area contributed by atoms with Crippen molar-refractivity contribution in [3.8, 4) is 11.3 Å². The van der Waals surface area contributed by atoms with Crippen molar-refractivity contribution in [1.29, 1.82) is 10.8 Å². The predicted molar refractivity (Wildman–Crippen MR) is 152 cm³/mol. The monoisotopic (exact) mass is 560 g/mol. The first-order valence-electron chi connectivity index (χ1n) is 11.9. The molecule has 0 fully saturated rings. The molecule has 0 amide bonds.